The number of aromatic nitrogens is 18. The van der Waals surface area contributed by atoms with Crippen LogP contribution in [0.25, 0.3) is 134 Å². The van der Waals surface area contributed by atoms with E-state index in [9.17, 15) is 0 Å². The van der Waals surface area contributed by atoms with Crippen molar-refractivity contribution in [3.05, 3.63) is 163 Å². The number of fused-ring (bicyclic) bond motifs is 6. The second-order valence-corrected chi connectivity index (χ2v) is 27.9. The molecule has 3 fully saturated rings. The maximum atomic E-state index is 4.86. The molecule has 0 unspecified atom stereocenters. The first-order valence-corrected chi connectivity index (χ1v) is 36.1. The van der Waals surface area contributed by atoms with Gasteiger partial charge in [0, 0.05) is 210 Å². The first-order valence-electron chi connectivity index (χ1n) is 36.1. The summed E-state index contributed by atoms with van der Waals surface area (Å²) in [4.78, 5) is 66.5. The minimum Gasteiger partial charge on any atom is -0.369 e. The Kier molecular flexibility index (Phi) is 19.5. The molecule has 0 radical (unpaired) electrons. The highest BCUT2D eigenvalue weighted by molar-refractivity contribution is 5.97. The zero-order valence-corrected chi connectivity index (χ0v) is 60.3. The number of rotatable bonds is 17. The van der Waals surface area contributed by atoms with Gasteiger partial charge in [0.2, 0.25) is 0 Å². The first kappa shape index (κ1) is 68.0. The fraction of sp³-hybridized carbons (Fsp3) is 0.308. The lowest BCUT2D eigenvalue weighted by atomic mass is 10.1. The lowest BCUT2D eigenvalue weighted by molar-refractivity contribution is 0.313. The molecule has 0 bridgehead atoms. The van der Waals surface area contributed by atoms with E-state index in [0.29, 0.717) is 23.0 Å². The Labute approximate surface area is 607 Å². The number of nitrogens with one attached hydrogen (secondary N) is 9. The molecule has 27 nitrogen and oxygen atoms in total. The molecule has 12 aromatic heterocycles. The van der Waals surface area contributed by atoms with Gasteiger partial charge in [0.25, 0.3) is 0 Å². The van der Waals surface area contributed by atoms with Crippen molar-refractivity contribution in [2.24, 2.45) is 0 Å². The Morgan fingerprint density at radius 2 is 0.724 bits per heavy atom. The summed E-state index contributed by atoms with van der Waals surface area (Å²) in [7, 11) is 8.45. The van der Waals surface area contributed by atoms with Crippen LogP contribution in [0.15, 0.2) is 147 Å². The molecule has 15 aromatic rings. The standard InChI is InChI=1S/C27H31N9.C26H29N9.C25H27N9/c1-17(2)29-14-18-10-19(15-28-13-18)20-11-22-25(33-34-26(22)30-16-20)27-31-23-5-4-21(12-24(23)32-27)36-8-6-35(3)7-9-36;1-3-27-13-17-10-18(15-28-14-17)19-11-21-24(32-33-25(21)29-16-19)26-30-22-5-4-20(12-23(22)31-26)35-8-6-34(2)7-9-35;1-26-12-16-9-17(14-27-13-16)18-10-20-23(31-32-24(20)28-15-18)25-29-21-4-3-19(11-22(21)30-25)34-7-5-33(2)6-8-34/h4-5,10-13,15-17,29H,6-9,14H2,1-3H3,(H,31,32)(H,30,33,34);4-5,10-12,14-16,27H,3,6-9,13H2,1-2H3,(H,30,31)(H,29,32,33);3-4,9-11,13-15,26H,5-8,12H2,1-2H3,(H,29,30)(H,28,31,32). The molecule has 3 aliphatic rings. The average Bonchev–Trinajstić information content (AvgIpc) is 1.64. The summed E-state index contributed by atoms with van der Waals surface area (Å²) in [6.07, 6.45) is 16.8. The van der Waals surface area contributed by atoms with E-state index in [1.54, 1.807) is 0 Å². The van der Waals surface area contributed by atoms with Crippen molar-refractivity contribution in [3.8, 4) is 67.9 Å². The summed E-state index contributed by atoms with van der Waals surface area (Å²) in [5.41, 5.74) is 23.5. The molecule has 0 atom stereocenters. The Morgan fingerprint density at radius 1 is 0.390 bits per heavy atom. The van der Waals surface area contributed by atoms with Crippen LogP contribution in [0.1, 0.15) is 37.5 Å². The predicted molar refractivity (Wildman–Crippen MR) is 418 cm³/mol. The van der Waals surface area contributed by atoms with Crippen molar-refractivity contribution in [1.29, 1.82) is 0 Å². The molecule has 27 heteroatoms. The Hall–Kier alpha value is -11.5. The second-order valence-electron chi connectivity index (χ2n) is 27.9. The van der Waals surface area contributed by atoms with Crippen LogP contribution in [-0.4, -0.2) is 224 Å². The molecule has 0 spiro atoms. The number of aromatic amines is 6. The quantitative estimate of drug-likeness (QED) is 0.0409. The van der Waals surface area contributed by atoms with Crippen molar-refractivity contribution in [2.45, 2.75) is 46.4 Å². The fourth-order valence-corrected chi connectivity index (χ4v) is 13.9. The van der Waals surface area contributed by atoms with Crippen molar-refractivity contribution < 1.29 is 0 Å². The van der Waals surface area contributed by atoms with E-state index in [1.165, 1.54) is 17.1 Å². The van der Waals surface area contributed by atoms with Gasteiger partial charge in [-0.15, -0.1) is 0 Å². The molecular weight excluding hydrogens is 1320 g/mol. The highest BCUT2D eigenvalue weighted by atomic mass is 15.3. The lowest BCUT2D eigenvalue weighted by Gasteiger charge is -2.34. The number of hydrogen-bond acceptors (Lipinski definition) is 21. The van der Waals surface area contributed by atoms with Crippen LogP contribution >= 0.6 is 0 Å². The smallest absolute Gasteiger partial charge is 0.181 e. The van der Waals surface area contributed by atoms with E-state index in [1.807, 2.05) is 62.8 Å². The normalized spacial score (nSPS) is 14.9. The number of imidazole rings is 3. The zero-order chi connectivity index (χ0) is 71.5. The summed E-state index contributed by atoms with van der Waals surface area (Å²) < 4.78 is 0. The molecule has 0 aliphatic carbocycles. The van der Waals surface area contributed by atoms with Crippen LogP contribution in [0.2, 0.25) is 0 Å². The minimum absolute atomic E-state index is 0.418. The molecule has 15 heterocycles. The van der Waals surface area contributed by atoms with Gasteiger partial charge in [-0.05, 0) is 142 Å². The predicted octanol–water partition coefficient (Wildman–Crippen LogP) is 10.3. The molecular formula is C78H87N27. The maximum Gasteiger partial charge on any atom is 0.181 e. The molecule has 0 saturated carbocycles. The molecule has 3 aromatic carbocycles. The Balaban J connectivity index is 0.000000121. The summed E-state index contributed by atoms with van der Waals surface area (Å²) in [5.74, 6) is 2.28. The van der Waals surface area contributed by atoms with Crippen LogP contribution in [0, 0.1) is 0 Å². The molecule has 18 rings (SSSR count). The number of pyridine rings is 6. The number of piperazine rings is 3. The van der Waals surface area contributed by atoms with E-state index in [4.69, 9.17) is 15.0 Å². The Bertz CT molecular complexity index is 5520. The molecule has 9 N–H and O–H groups in total. The van der Waals surface area contributed by atoms with Gasteiger partial charge >= 0.3 is 0 Å². The van der Waals surface area contributed by atoms with Crippen molar-refractivity contribution >= 4 is 83.3 Å². The summed E-state index contributed by atoms with van der Waals surface area (Å²) in [6, 6.07) is 32.5. The largest absolute Gasteiger partial charge is 0.369 e. The molecule has 105 heavy (non-hydrogen) atoms. The van der Waals surface area contributed by atoms with Crippen molar-refractivity contribution in [1.82, 2.24) is 121 Å². The minimum atomic E-state index is 0.418. The number of anilines is 3. The van der Waals surface area contributed by atoms with Gasteiger partial charge < -0.3 is 60.3 Å². The maximum absolute atomic E-state index is 4.86. The van der Waals surface area contributed by atoms with E-state index in [-0.39, 0.29) is 0 Å². The third-order valence-corrected chi connectivity index (χ3v) is 20.0. The van der Waals surface area contributed by atoms with Crippen LogP contribution in [-0.2, 0) is 19.6 Å². The van der Waals surface area contributed by atoms with Gasteiger partial charge in [0.1, 0.15) is 17.1 Å². The SMILES string of the molecule is CC(C)NCc1cncc(-c2cnc3n[nH]c(-c4nc5ccc(N6CCN(C)CC6)cc5[nH]4)c3c2)c1.CCNCc1cncc(-c2cnc3n[nH]c(-c4nc5ccc(N6CCN(C)CC6)cc5[nH]4)c3c2)c1.CNCc1cncc(-c2cnc3n[nH]c(-c4nc5ccc(N6CCN(C)CC6)cc5[nH]4)c3c2)c1. The number of nitrogens with zero attached hydrogens (tertiary/aromatic N) is 18. The highest BCUT2D eigenvalue weighted by Gasteiger charge is 2.23. The Morgan fingerprint density at radius 3 is 1.06 bits per heavy atom. The highest BCUT2D eigenvalue weighted by Crippen LogP contribution is 2.35. The number of benzene rings is 3. The molecule has 3 aliphatic heterocycles. The third-order valence-electron chi connectivity index (χ3n) is 20.0. The van der Waals surface area contributed by atoms with Crippen molar-refractivity contribution in [2.75, 3.05) is 128 Å². The van der Waals surface area contributed by atoms with Gasteiger partial charge in [-0.3, -0.25) is 30.2 Å². The second kappa shape index (κ2) is 30.1. The molecule has 0 amide bonds. The topological polar surface area (TPSA) is 305 Å². The van der Waals surface area contributed by atoms with Crippen LogP contribution in [0.4, 0.5) is 17.1 Å². The van der Waals surface area contributed by atoms with Gasteiger partial charge in [0.15, 0.2) is 34.4 Å². The number of hydrogen-bond donors (Lipinski definition) is 9. The number of H-pyrrole nitrogens is 6. The van der Waals surface area contributed by atoms with Gasteiger partial charge in [-0.25, -0.2) is 29.9 Å². The summed E-state index contributed by atoms with van der Waals surface area (Å²) in [6.45, 7) is 22.3. The van der Waals surface area contributed by atoms with E-state index in [0.717, 1.165) is 239 Å². The molecule has 3 saturated heterocycles. The monoisotopic (exact) mass is 1400 g/mol. The van der Waals surface area contributed by atoms with Crippen molar-refractivity contribution in [3.63, 3.8) is 0 Å². The van der Waals surface area contributed by atoms with Gasteiger partial charge in [-0.1, -0.05) is 20.8 Å². The van der Waals surface area contributed by atoms with Crippen LogP contribution < -0.4 is 30.7 Å². The van der Waals surface area contributed by atoms with Crippen LogP contribution in [0.5, 0.6) is 0 Å². The summed E-state index contributed by atoms with van der Waals surface area (Å²) >= 11 is 0. The van der Waals surface area contributed by atoms with E-state index < -0.39 is 0 Å². The number of likely N-dealkylation sites (N-methyl/N-ethyl adjacent to an activating group) is 3. The molecule has 534 valence electrons. The van der Waals surface area contributed by atoms with E-state index >= 15 is 0 Å². The lowest BCUT2D eigenvalue weighted by Crippen LogP contribution is -2.44. The van der Waals surface area contributed by atoms with E-state index in [2.05, 4.69) is 254 Å². The average molecular weight is 1400 g/mol. The van der Waals surface area contributed by atoms with Gasteiger partial charge in [-0.2, -0.15) is 15.3 Å². The van der Waals surface area contributed by atoms with Crippen LogP contribution in [0.3, 0.4) is 0 Å². The third kappa shape index (κ3) is 14.9. The fourth-order valence-electron chi connectivity index (χ4n) is 13.9. The summed E-state index contributed by atoms with van der Waals surface area (Å²) in [5, 5.41) is 35.4. The van der Waals surface area contributed by atoms with Gasteiger partial charge in [0.05, 0.1) is 49.3 Å². The first-order chi connectivity index (χ1) is 51.4. The zero-order valence-electron chi connectivity index (χ0n) is 60.3.